The van der Waals surface area contributed by atoms with Gasteiger partial charge in [-0.25, -0.2) is 5.01 Å². The van der Waals surface area contributed by atoms with Crippen molar-refractivity contribution in [3.05, 3.63) is 47.2 Å². The van der Waals surface area contributed by atoms with E-state index in [4.69, 9.17) is 5.73 Å². The number of hydrogen-bond acceptors (Lipinski definition) is 4. The molecule has 0 unspecified atom stereocenters. The molecule has 1 aromatic rings. The molecule has 0 fully saturated rings. The molecular formula is C13H18N4O. The van der Waals surface area contributed by atoms with Crippen LogP contribution in [0.15, 0.2) is 36.0 Å². The molecule has 0 spiro atoms. The fraction of sp³-hybridized carbons (Fsp3) is 0.308. The van der Waals surface area contributed by atoms with Crippen LogP contribution in [0.4, 0.5) is 0 Å². The molecule has 1 aliphatic rings. The molecule has 0 aromatic heterocycles. The zero-order valence-corrected chi connectivity index (χ0v) is 10.4. The molecule has 1 aromatic carbocycles. The maximum atomic E-state index is 11.9. The normalized spacial score (nSPS) is 15.1. The van der Waals surface area contributed by atoms with E-state index >= 15 is 0 Å². The van der Waals surface area contributed by atoms with E-state index in [1.807, 2.05) is 30.4 Å². The maximum Gasteiger partial charge on any atom is 0.251 e. The zero-order chi connectivity index (χ0) is 13.0. The molecule has 0 radical (unpaired) electrons. The van der Waals surface area contributed by atoms with Crippen LogP contribution >= 0.6 is 0 Å². The van der Waals surface area contributed by atoms with Crippen molar-refractivity contribution < 1.29 is 4.79 Å². The Kier molecular flexibility index (Phi) is 3.96. The molecule has 1 aliphatic heterocycles. The minimum atomic E-state index is -0.0611. The summed E-state index contributed by atoms with van der Waals surface area (Å²) in [4.78, 5) is 11.9. The van der Waals surface area contributed by atoms with Gasteiger partial charge in [-0.1, -0.05) is 12.1 Å². The van der Waals surface area contributed by atoms with Crippen molar-refractivity contribution in [2.75, 3.05) is 20.1 Å². The number of nitrogens with one attached hydrogen (secondary N) is 2. The summed E-state index contributed by atoms with van der Waals surface area (Å²) in [6, 6.07) is 7.34. The lowest BCUT2D eigenvalue weighted by Gasteiger charge is -2.09. The second-order valence-corrected chi connectivity index (χ2v) is 4.37. The summed E-state index contributed by atoms with van der Waals surface area (Å²) in [5.74, 6) is -0.0611. The van der Waals surface area contributed by atoms with Crippen LogP contribution in [0.1, 0.15) is 15.9 Å². The summed E-state index contributed by atoms with van der Waals surface area (Å²) < 4.78 is 0. The standard InChI is InChI=1S/C13H18N4O/c1-17-9-11(8-16-17)7-15-13(18)12-4-2-10(6-14)3-5-12/h2-5,8,16H,6-7,9,14H2,1H3,(H,15,18). The Bertz CT molecular complexity index is 453. The summed E-state index contributed by atoms with van der Waals surface area (Å²) >= 11 is 0. The number of amides is 1. The smallest absolute Gasteiger partial charge is 0.251 e. The summed E-state index contributed by atoms with van der Waals surface area (Å²) in [5.41, 5.74) is 11.4. The predicted molar refractivity (Wildman–Crippen MR) is 70.5 cm³/mol. The van der Waals surface area contributed by atoms with Gasteiger partial charge in [0.05, 0.1) is 0 Å². The van der Waals surface area contributed by atoms with E-state index < -0.39 is 0 Å². The lowest BCUT2D eigenvalue weighted by molar-refractivity contribution is 0.0956. The fourth-order valence-corrected chi connectivity index (χ4v) is 1.79. The number of likely N-dealkylation sites (N-methyl/N-ethyl adjacent to an activating group) is 1. The van der Waals surface area contributed by atoms with Gasteiger partial charge in [-0.15, -0.1) is 0 Å². The first kappa shape index (κ1) is 12.6. The minimum Gasteiger partial charge on any atom is -0.348 e. The lowest BCUT2D eigenvalue weighted by atomic mass is 10.1. The van der Waals surface area contributed by atoms with Crippen LogP contribution in [0.5, 0.6) is 0 Å². The molecule has 1 heterocycles. The fourth-order valence-electron chi connectivity index (χ4n) is 1.79. The average molecular weight is 246 g/mol. The number of rotatable bonds is 4. The van der Waals surface area contributed by atoms with Gasteiger partial charge in [0.15, 0.2) is 0 Å². The van der Waals surface area contributed by atoms with Gasteiger partial charge in [0.25, 0.3) is 5.91 Å². The van der Waals surface area contributed by atoms with Crippen molar-refractivity contribution in [1.29, 1.82) is 0 Å². The molecule has 18 heavy (non-hydrogen) atoms. The molecule has 4 N–H and O–H groups in total. The van der Waals surface area contributed by atoms with Crippen LogP contribution in [-0.2, 0) is 6.54 Å². The summed E-state index contributed by atoms with van der Waals surface area (Å²) in [6.45, 7) is 1.88. The van der Waals surface area contributed by atoms with Crippen molar-refractivity contribution in [3.63, 3.8) is 0 Å². The monoisotopic (exact) mass is 246 g/mol. The molecule has 5 heteroatoms. The number of nitrogens with two attached hydrogens (primary N) is 1. The summed E-state index contributed by atoms with van der Waals surface area (Å²) in [5, 5.41) is 4.85. The van der Waals surface area contributed by atoms with Crippen LogP contribution < -0.4 is 16.5 Å². The van der Waals surface area contributed by atoms with E-state index in [-0.39, 0.29) is 5.91 Å². The van der Waals surface area contributed by atoms with Gasteiger partial charge in [0, 0.05) is 38.4 Å². The number of nitrogens with zero attached hydrogens (tertiary/aromatic N) is 1. The van der Waals surface area contributed by atoms with Crippen molar-refractivity contribution in [2.24, 2.45) is 5.73 Å². The molecule has 0 saturated carbocycles. The van der Waals surface area contributed by atoms with Crippen LogP contribution in [0.25, 0.3) is 0 Å². The Morgan fingerprint density at radius 1 is 1.44 bits per heavy atom. The summed E-state index contributed by atoms with van der Waals surface area (Å²) in [6.07, 6.45) is 1.91. The van der Waals surface area contributed by atoms with Gasteiger partial charge < -0.3 is 16.5 Å². The zero-order valence-electron chi connectivity index (χ0n) is 10.4. The van der Waals surface area contributed by atoms with Crippen molar-refractivity contribution >= 4 is 5.91 Å². The maximum absolute atomic E-state index is 11.9. The minimum absolute atomic E-state index is 0.0611. The SMILES string of the molecule is CN1CC(CNC(=O)c2ccc(CN)cc2)=CN1. The molecule has 0 saturated heterocycles. The first-order chi connectivity index (χ1) is 8.69. The third-order valence-corrected chi connectivity index (χ3v) is 2.86. The van der Waals surface area contributed by atoms with Crippen molar-refractivity contribution in [3.8, 4) is 0 Å². The Balaban J connectivity index is 1.87. The predicted octanol–water partition coefficient (Wildman–Crippen LogP) is 0.209. The quantitative estimate of drug-likeness (QED) is 0.710. The first-order valence-corrected chi connectivity index (χ1v) is 5.91. The number of hydrazine groups is 1. The van der Waals surface area contributed by atoms with Crippen LogP contribution in [0.3, 0.4) is 0 Å². The van der Waals surface area contributed by atoms with Crippen LogP contribution in [0, 0.1) is 0 Å². The van der Waals surface area contributed by atoms with Gasteiger partial charge in [0.1, 0.15) is 0 Å². The molecule has 5 nitrogen and oxygen atoms in total. The molecule has 0 bridgehead atoms. The Labute approximate surface area is 107 Å². The largest absolute Gasteiger partial charge is 0.348 e. The Morgan fingerprint density at radius 2 is 2.17 bits per heavy atom. The van der Waals surface area contributed by atoms with Crippen LogP contribution in [-0.4, -0.2) is 31.1 Å². The van der Waals surface area contributed by atoms with Crippen molar-refractivity contribution in [2.45, 2.75) is 6.54 Å². The highest BCUT2D eigenvalue weighted by molar-refractivity contribution is 5.94. The molecule has 2 rings (SSSR count). The second kappa shape index (κ2) is 5.66. The van der Waals surface area contributed by atoms with Gasteiger partial charge in [-0.3, -0.25) is 4.79 Å². The number of hydrogen-bond donors (Lipinski definition) is 3. The molecule has 96 valence electrons. The van der Waals surface area contributed by atoms with E-state index in [1.165, 1.54) is 0 Å². The average Bonchev–Trinajstić information content (AvgIpc) is 2.82. The lowest BCUT2D eigenvalue weighted by Crippen LogP contribution is -2.28. The number of benzene rings is 1. The summed E-state index contributed by atoms with van der Waals surface area (Å²) in [7, 11) is 1.96. The van der Waals surface area contributed by atoms with E-state index in [1.54, 1.807) is 12.1 Å². The van der Waals surface area contributed by atoms with Crippen molar-refractivity contribution in [1.82, 2.24) is 15.8 Å². The third-order valence-electron chi connectivity index (χ3n) is 2.86. The van der Waals surface area contributed by atoms with Gasteiger partial charge in [-0.2, -0.15) is 0 Å². The highest BCUT2D eigenvalue weighted by Crippen LogP contribution is 2.05. The highest BCUT2D eigenvalue weighted by atomic mass is 16.1. The van der Waals surface area contributed by atoms with E-state index in [9.17, 15) is 4.79 Å². The second-order valence-electron chi connectivity index (χ2n) is 4.37. The van der Waals surface area contributed by atoms with E-state index in [2.05, 4.69) is 10.7 Å². The number of carbonyl (C=O) groups excluding carboxylic acids is 1. The van der Waals surface area contributed by atoms with Crippen LogP contribution in [0.2, 0.25) is 0 Å². The van der Waals surface area contributed by atoms with E-state index in [0.717, 1.165) is 17.7 Å². The number of carbonyl (C=O) groups is 1. The topological polar surface area (TPSA) is 70.4 Å². The van der Waals surface area contributed by atoms with Gasteiger partial charge in [0.2, 0.25) is 0 Å². The Morgan fingerprint density at radius 3 is 2.72 bits per heavy atom. The molecular weight excluding hydrogens is 228 g/mol. The molecule has 0 atom stereocenters. The molecule has 1 amide bonds. The van der Waals surface area contributed by atoms with E-state index in [0.29, 0.717) is 18.7 Å². The highest BCUT2D eigenvalue weighted by Gasteiger charge is 2.11. The molecule has 0 aliphatic carbocycles. The first-order valence-electron chi connectivity index (χ1n) is 5.91. The third kappa shape index (κ3) is 3.09. The Hall–Kier alpha value is -1.85. The van der Waals surface area contributed by atoms with Gasteiger partial charge in [-0.05, 0) is 23.3 Å². The van der Waals surface area contributed by atoms with Gasteiger partial charge >= 0.3 is 0 Å².